The summed E-state index contributed by atoms with van der Waals surface area (Å²) in [6.07, 6.45) is 4.41. The van der Waals surface area contributed by atoms with Crippen LogP contribution in [-0.4, -0.2) is 18.5 Å². The predicted octanol–water partition coefficient (Wildman–Crippen LogP) is 2.03. The van der Waals surface area contributed by atoms with Gasteiger partial charge < -0.3 is 4.90 Å². The van der Waals surface area contributed by atoms with Gasteiger partial charge in [-0.25, -0.2) is 0 Å². The van der Waals surface area contributed by atoms with Crippen LogP contribution in [0.5, 0.6) is 0 Å². The third-order valence-electron chi connectivity index (χ3n) is 2.12. The van der Waals surface area contributed by atoms with Gasteiger partial charge in [-0.05, 0) is 0 Å². The molecule has 1 heterocycles. The van der Waals surface area contributed by atoms with E-state index in [1.165, 1.54) is 5.70 Å². The lowest BCUT2D eigenvalue weighted by Crippen LogP contribution is -2.30. The second-order valence-electron chi connectivity index (χ2n) is 3.45. The van der Waals surface area contributed by atoms with Crippen molar-refractivity contribution in [3.63, 3.8) is 0 Å². The largest absolute Gasteiger partial charge is 0.374 e. The summed E-state index contributed by atoms with van der Waals surface area (Å²) in [4.78, 5) is 2.18. The van der Waals surface area contributed by atoms with Gasteiger partial charge in [-0.2, -0.15) is 0 Å². The fraction of sp³-hybridized carbons (Fsp3) is 0.556. The molecule has 1 aliphatic heterocycles. The fourth-order valence-corrected chi connectivity index (χ4v) is 1.20. The lowest BCUT2D eigenvalue weighted by molar-refractivity contribution is 0.343. The summed E-state index contributed by atoms with van der Waals surface area (Å²) in [5, 5.41) is 0. The second kappa shape index (κ2) is 2.15. The van der Waals surface area contributed by atoms with E-state index < -0.39 is 0 Å². The maximum atomic E-state index is 4.02. The zero-order chi connectivity index (χ0) is 7.78. The lowest BCUT2D eigenvalue weighted by Gasteiger charge is -2.35. The van der Waals surface area contributed by atoms with Crippen molar-refractivity contribution in [3.05, 3.63) is 24.4 Å². The van der Waals surface area contributed by atoms with Crippen molar-refractivity contribution >= 4 is 0 Å². The first-order chi connectivity index (χ1) is 4.54. The molecule has 1 rings (SSSR count). The van der Waals surface area contributed by atoms with Crippen molar-refractivity contribution in [1.29, 1.82) is 0 Å². The normalized spacial score (nSPS) is 23.5. The molecule has 0 saturated carbocycles. The predicted molar refractivity (Wildman–Crippen MR) is 44.7 cm³/mol. The molecule has 10 heavy (non-hydrogen) atoms. The molecule has 0 spiro atoms. The minimum Gasteiger partial charge on any atom is -0.374 e. The van der Waals surface area contributed by atoms with Crippen LogP contribution < -0.4 is 0 Å². The van der Waals surface area contributed by atoms with Gasteiger partial charge in [0.2, 0.25) is 0 Å². The summed E-state index contributed by atoms with van der Waals surface area (Å²) in [6.45, 7) is 9.39. The van der Waals surface area contributed by atoms with Crippen LogP contribution in [0.4, 0.5) is 0 Å². The van der Waals surface area contributed by atoms with Crippen molar-refractivity contribution in [2.75, 3.05) is 13.6 Å². The molecule has 0 aromatic carbocycles. The van der Waals surface area contributed by atoms with Gasteiger partial charge in [-0.1, -0.05) is 32.6 Å². The molecule has 0 aromatic heterocycles. The first-order valence-electron chi connectivity index (χ1n) is 3.62. The van der Waals surface area contributed by atoms with Crippen molar-refractivity contribution in [2.24, 2.45) is 5.41 Å². The van der Waals surface area contributed by atoms with Crippen molar-refractivity contribution in [1.82, 2.24) is 4.90 Å². The summed E-state index contributed by atoms with van der Waals surface area (Å²) in [5.41, 5.74) is 1.36. The van der Waals surface area contributed by atoms with Crippen LogP contribution in [0.25, 0.3) is 0 Å². The molecular weight excluding hydrogens is 122 g/mol. The average molecular weight is 137 g/mol. The highest BCUT2D eigenvalue weighted by Crippen LogP contribution is 2.31. The number of allylic oxidation sites excluding steroid dienone is 1. The Morgan fingerprint density at radius 1 is 1.60 bits per heavy atom. The molecule has 0 saturated heterocycles. The number of nitrogens with zero attached hydrogens (tertiary/aromatic N) is 1. The van der Waals surface area contributed by atoms with E-state index in [0.717, 1.165) is 6.54 Å². The Morgan fingerprint density at radius 2 is 2.20 bits per heavy atom. The molecule has 1 aliphatic rings. The highest BCUT2D eigenvalue weighted by atomic mass is 15.1. The van der Waals surface area contributed by atoms with Gasteiger partial charge in [0.1, 0.15) is 0 Å². The van der Waals surface area contributed by atoms with Gasteiger partial charge in [0.15, 0.2) is 0 Å². The van der Waals surface area contributed by atoms with Gasteiger partial charge in [0.25, 0.3) is 0 Å². The van der Waals surface area contributed by atoms with Gasteiger partial charge in [0.05, 0.1) is 0 Å². The SMILES string of the molecule is C=C1N(C)CC=CC1(C)C. The number of likely N-dealkylation sites (N-methyl/N-ethyl adjacent to an activating group) is 1. The Labute approximate surface area is 63.0 Å². The molecule has 0 amide bonds. The summed E-state index contributed by atoms with van der Waals surface area (Å²) in [5.74, 6) is 0. The number of hydrogen-bond donors (Lipinski definition) is 0. The standard InChI is InChI=1S/C9H15N/c1-8-9(2,3)6-5-7-10(8)4/h5-6H,1,7H2,2-4H3. The molecule has 0 atom stereocenters. The first-order valence-corrected chi connectivity index (χ1v) is 3.62. The topological polar surface area (TPSA) is 3.24 Å². The highest BCUT2D eigenvalue weighted by molar-refractivity contribution is 5.19. The second-order valence-corrected chi connectivity index (χ2v) is 3.45. The molecule has 56 valence electrons. The summed E-state index contributed by atoms with van der Waals surface area (Å²) in [6, 6.07) is 0. The highest BCUT2D eigenvalue weighted by Gasteiger charge is 2.23. The van der Waals surface area contributed by atoms with E-state index in [2.05, 4.69) is 44.5 Å². The molecule has 1 heteroatoms. The van der Waals surface area contributed by atoms with E-state index in [1.54, 1.807) is 0 Å². The smallest absolute Gasteiger partial charge is 0.0353 e. The summed E-state index contributed by atoms with van der Waals surface area (Å²) < 4.78 is 0. The van der Waals surface area contributed by atoms with Crippen molar-refractivity contribution in [3.8, 4) is 0 Å². The van der Waals surface area contributed by atoms with Gasteiger partial charge >= 0.3 is 0 Å². The summed E-state index contributed by atoms with van der Waals surface area (Å²) >= 11 is 0. The van der Waals surface area contributed by atoms with E-state index in [0.29, 0.717) is 0 Å². The third-order valence-corrected chi connectivity index (χ3v) is 2.12. The Hall–Kier alpha value is -0.720. The van der Waals surface area contributed by atoms with Crippen molar-refractivity contribution < 1.29 is 0 Å². The van der Waals surface area contributed by atoms with E-state index in [4.69, 9.17) is 0 Å². The molecule has 1 nitrogen and oxygen atoms in total. The molecule has 0 fully saturated rings. The lowest BCUT2D eigenvalue weighted by atomic mass is 9.86. The minimum atomic E-state index is 0.160. The van der Waals surface area contributed by atoms with Crippen LogP contribution in [0, 0.1) is 5.41 Å². The zero-order valence-corrected chi connectivity index (χ0v) is 7.02. The van der Waals surface area contributed by atoms with Crippen LogP contribution >= 0.6 is 0 Å². The number of hydrogen-bond acceptors (Lipinski definition) is 1. The van der Waals surface area contributed by atoms with Crippen molar-refractivity contribution in [2.45, 2.75) is 13.8 Å². The van der Waals surface area contributed by atoms with Crippen LogP contribution in [-0.2, 0) is 0 Å². The van der Waals surface area contributed by atoms with Crippen LogP contribution in [0.3, 0.4) is 0 Å². The Kier molecular flexibility index (Phi) is 1.59. The Balaban J connectivity index is 2.87. The van der Waals surface area contributed by atoms with Gasteiger partial charge in [-0.15, -0.1) is 0 Å². The van der Waals surface area contributed by atoms with E-state index in [-0.39, 0.29) is 5.41 Å². The molecule has 0 aliphatic carbocycles. The van der Waals surface area contributed by atoms with E-state index >= 15 is 0 Å². The van der Waals surface area contributed by atoms with Gasteiger partial charge in [-0.3, -0.25) is 0 Å². The quantitative estimate of drug-likeness (QED) is 0.462. The maximum absolute atomic E-state index is 4.02. The van der Waals surface area contributed by atoms with Gasteiger partial charge in [0, 0.05) is 24.7 Å². The monoisotopic (exact) mass is 137 g/mol. The molecule has 0 radical (unpaired) electrons. The fourth-order valence-electron chi connectivity index (χ4n) is 1.20. The van der Waals surface area contributed by atoms with E-state index in [9.17, 15) is 0 Å². The Morgan fingerprint density at radius 3 is 2.60 bits per heavy atom. The zero-order valence-electron chi connectivity index (χ0n) is 7.02. The van der Waals surface area contributed by atoms with E-state index in [1.807, 2.05) is 0 Å². The molecule has 0 bridgehead atoms. The van der Waals surface area contributed by atoms with Crippen LogP contribution in [0.1, 0.15) is 13.8 Å². The molecular formula is C9H15N. The summed E-state index contributed by atoms with van der Waals surface area (Å²) in [7, 11) is 2.08. The average Bonchev–Trinajstić information content (AvgIpc) is 1.83. The third kappa shape index (κ3) is 1.08. The van der Waals surface area contributed by atoms with Crippen LogP contribution in [0.2, 0.25) is 0 Å². The van der Waals surface area contributed by atoms with Crippen LogP contribution in [0.15, 0.2) is 24.4 Å². The molecule has 0 N–H and O–H groups in total. The molecule has 0 aromatic rings. The first kappa shape index (κ1) is 7.39. The maximum Gasteiger partial charge on any atom is 0.0353 e. The number of rotatable bonds is 0. The minimum absolute atomic E-state index is 0.160. The molecule has 0 unspecified atom stereocenters. The Bertz CT molecular complexity index is 177.